The number of aliphatic hydroxyl groups is 1. The fraction of sp³-hybridized carbons (Fsp3) is 0.605. The first-order valence-corrected chi connectivity index (χ1v) is 40.4. The van der Waals surface area contributed by atoms with Crippen LogP contribution in [0.4, 0.5) is 0 Å². The lowest BCUT2D eigenvalue weighted by Gasteiger charge is -2.21. The molecule has 3 N–H and O–H groups in total. The van der Waals surface area contributed by atoms with E-state index in [1.54, 1.807) is 6.08 Å². The quantitative estimate of drug-likeness (QED) is 0.0169. The van der Waals surface area contributed by atoms with Gasteiger partial charge in [-0.05, 0) is 148 Å². The first-order chi connectivity index (χ1) is 48.7. The van der Waals surface area contributed by atoms with Crippen molar-refractivity contribution in [2.24, 2.45) is 0 Å². The van der Waals surface area contributed by atoms with E-state index in [1.807, 2.05) is 18.2 Å². The van der Waals surface area contributed by atoms with Gasteiger partial charge in [0.05, 0.1) is 32.8 Å². The highest BCUT2D eigenvalue weighted by Crippen LogP contribution is 2.45. The third-order valence-corrected chi connectivity index (χ3v) is 16.6. The fourth-order valence-corrected chi connectivity index (χ4v) is 10.7. The zero-order chi connectivity index (χ0) is 73.2. The number of phosphoric ester groups is 2. The van der Waals surface area contributed by atoms with Gasteiger partial charge in [0.15, 0.2) is 12.2 Å². The zero-order valence-electron chi connectivity index (χ0n) is 61.5. The van der Waals surface area contributed by atoms with Crippen molar-refractivity contribution in [3.05, 3.63) is 170 Å². The van der Waals surface area contributed by atoms with Crippen LogP contribution in [0.5, 0.6) is 0 Å². The van der Waals surface area contributed by atoms with Gasteiger partial charge >= 0.3 is 39.5 Å². The molecule has 0 aromatic heterocycles. The average Bonchev–Trinajstić information content (AvgIpc) is 0.985. The number of esters is 4. The smallest absolute Gasteiger partial charge is 0.462 e. The second kappa shape index (κ2) is 71.8. The molecule has 0 aliphatic rings. The number of unbranched alkanes of at least 4 members (excludes halogenated alkanes) is 15. The average molecular weight is 1440 g/mol. The lowest BCUT2D eigenvalue weighted by Crippen LogP contribution is -2.30. The summed E-state index contributed by atoms with van der Waals surface area (Å²) in [7, 11) is -10.0. The molecule has 566 valence electrons. The number of aliphatic hydroxyl groups excluding tert-OH is 1. The van der Waals surface area contributed by atoms with Crippen LogP contribution < -0.4 is 0 Å². The summed E-state index contributed by atoms with van der Waals surface area (Å²) < 4.78 is 68.2. The van der Waals surface area contributed by atoms with Crippen LogP contribution >= 0.6 is 15.6 Å². The maximum Gasteiger partial charge on any atom is 0.472 e. The molecule has 0 saturated heterocycles. The molecule has 0 saturated carbocycles. The first kappa shape index (κ1) is 94.4. The highest BCUT2D eigenvalue weighted by atomic mass is 31.2. The van der Waals surface area contributed by atoms with Gasteiger partial charge in [0.2, 0.25) is 0 Å². The normalized spacial score (nSPS) is 14.9. The van der Waals surface area contributed by atoms with Gasteiger partial charge in [0.1, 0.15) is 19.3 Å². The van der Waals surface area contributed by atoms with Gasteiger partial charge in [-0.1, -0.05) is 256 Å². The second-order valence-corrected chi connectivity index (χ2v) is 27.0. The van der Waals surface area contributed by atoms with Crippen LogP contribution in [0.2, 0.25) is 0 Å². The summed E-state index contributed by atoms with van der Waals surface area (Å²) in [6.45, 7) is 4.27. The summed E-state index contributed by atoms with van der Waals surface area (Å²) in [6, 6.07) is 0. The summed E-state index contributed by atoms with van der Waals surface area (Å²) >= 11 is 0. The van der Waals surface area contributed by atoms with Crippen LogP contribution in [-0.4, -0.2) is 96.7 Å². The van der Waals surface area contributed by atoms with Gasteiger partial charge in [0, 0.05) is 19.3 Å². The standard InChI is InChI=1S/C81H130O17P2/c1-5-9-13-17-21-25-29-32-35-36-37-38-41-43-47-50-54-58-62-66-79(84)92-72-77(98-81(86)68-64-60-56-52-48-44-40-34-31-27-23-19-15-11-7-3)74-96-100(89,90)94-70-75(82)69-93-99(87,88)95-73-76(97-80(85)67-63-59-55-51-45-28-24-20-16-12-8-4)71-91-78(83)65-61-57-53-49-46-42-39-33-30-26-22-18-14-10-6-2/h9-11,13-15,20-27,32-35,37-40,43,46-47,49,57,61,75-77,82H,5-8,12,16-19,28-31,36,41-42,44-45,48,50-56,58-60,62-74H2,1-4H3,(H,87,88)(H,89,90)/b13-9-,14-10-,15-11-,24-20-,25-21-,26-22-,27-23-,35-32-,38-37-,39-33-,40-34-,47-43-,49-46-,61-57-. The van der Waals surface area contributed by atoms with E-state index in [1.165, 1.54) is 6.42 Å². The summed E-state index contributed by atoms with van der Waals surface area (Å²) in [5.74, 6) is -2.41. The van der Waals surface area contributed by atoms with Gasteiger partial charge < -0.3 is 33.8 Å². The minimum absolute atomic E-state index is 0.0584. The first-order valence-electron chi connectivity index (χ1n) is 37.4. The molecule has 5 unspecified atom stereocenters. The number of hydrogen-bond donors (Lipinski definition) is 3. The monoisotopic (exact) mass is 1440 g/mol. The largest absolute Gasteiger partial charge is 0.472 e. The van der Waals surface area contributed by atoms with Crippen molar-refractivity contribution in [2.75, 3.05) is 39.6 Å². The Bertz CT molecular complexity index is 2570. The van der Waals surface area contributed by atoms with Gasteiger partial charge in [-0.15, -0.1) is 0 Å². The molecule has 0 bridgehead atoms. The number of rotatable bonds is 68. The van der Waals surface area contributed by atoms with Crippen LogP contribution in [0.25, 0.3) is 0 Å². The van der Waals surface area contributed by atoms with E-state index in [2.05, 4.69) is 174 Å². The molecule has 0 spiro atoms. The molecule has 0 rings (SSSR count). The molecule has 19 heteroatoms. The minimum Gasteiger partial charge on any atom is -0.462 e. The van der Waals surface area contributed by atoms with E-state index in [9.17, 15) is 43.2 Å². The van der Waals surface area contributed by atoms with E-state index in [0.717, 1.165) is 173 Å². The Morgan fingerprint density at radius 1 is 0.300 bits per heavy atom. The van der Waals surface area contributed by atoms with Crippen molar-refractivity contribution in [3.8, 4) is 0 Å². The minimum atomic E-state index is -5.00. The summed E-state index contributed by atoms with van der Waals surface area (Å²) in [5, 5.41) is 10.6. The Morgan fingerprint density at radius 2 is 0.560 bits per heavy atom. The summed E-state index contributed by atoms with van der Waals surface area (Å²) in [5.41, 5.74) is 0. The van der Waals surface area contributed by atoms with Gasteiger partial charge in [-0.2, -0.15) is 0 Å². The molecular weight excluding hydrogens is 1310 g/mol. The van der Waals surface area contributed by atoms with Crippen molar-refractivity contribution in [3.63, 3.8) is 0 Å². The number of carbonyl (C=O) groups excluding carboxylic acids is 4. The molecule has 0 radical (unpaired) electrons. The molecule has 0 fully saturated rings. The van der Waals surface area contributed by atoms with Gasteiger partial charge in [0.25, 0.3) is 0 Å². The molecule has 0 amide bonds. The van der Waals surface area contributed by atoms with Crippen molar-refractivity contribution in [2.45, 2.75) is 277 Å². The summed E-state index contributed by atoms with van der Waals surface area (Å²) in [4.78, 5) is 72.7. The van der Waals surface area contributed by atoms with Gasteiger partial charge in [-0.3, -0.25) is 37.3 Å². The molecular formula is C81H130O17P2. The van der Waals surface area contributed by atoms with E-state index in [-0.39, 0.29) is 25.7 Å². The predicted molar refractivity (Wildman–Crippen MR) is 408 cm³/mol. The number of carbonyl (C=O) groups is 4. The highest BCUT2D eigenvalue weighted by Gasteiger charge is 2.30. The van der Waals surface area contributed by atoms with Crippen LogP contribution in [-0.2, 0) is 65.4 Å². The van der Waals surface area contributed by atoms with E-state index >= 15 is 0 Å². The van der Waals surface area contributed by atoms with E-state index in [4.69, 9.17) is 37.0 Å². The van der Waals surface area contributed by atoms with Crippen molar-refractivity contribution in [1.29, 1.82) is 0 Å². The lowest BCUT2D eigenvalue weighted by molar-refractivity contribution is -0.161. The maximum atomic E-state index is 13.1. The topological polar surface area (TPSA) is 237 Å². The summed E-state index contributed by atoms with van der Waals surface area (Å²) in [6.07, 6.45) is 83.9. The number of ether oxygens (including phenoxy) is 4. The van der Waals surface area contributed by atoms with E-state index in [0.29, 0.717) is 25.7 Å². The van der Waals surface area contributed by atoms with Crippen LogP contribution in [0.15, 0.2) is 170 Å². The third-order valence-electron chi connectivity index (χ3n) is 14.7. The Kier molecular flexibility index (Phi) is 67.8. The Morgan fingerprint density at radius 3 is 0.910 bits per heavy atom. The molecule has 0 aliphatic carbocycles. The Labute approximate surface area is 603 Å². The van der Waals surface area contributed by atoms with Crippen LogP contribution in [0.3, 0.4) is 0 Å². The van der Waals surface area contributed by atoms with Gasteiger partial charge in [-0.25, -0.2) is 9.13 Å². The number of hydrogen-bond acceptors (Lipinski definition) is 15. The molecule has 0 aromatic carbocycles. The predicted octanol–water partition coefficient (Wildman–Crippen LogP) is 21.4. The van der Waals surface area contributed by atoms with Crippen molar-refractivity contribution >= 4 is 39.5 Å². The van der Waals surface area contributed by atoms with Crippen LogP contribution in [0.1, 0.15) is 259 Å². The van der Waals surface area contributed by atoms with Crippen LogP contribution in [0, 0.1) is 0 Å². The van der Waals surface area contributed by atoms with Crippen molar-refractivity contribution < 1.29 is 80.2 Å². The fourth-order valence-electron chi connectivity index (χ4n) is 9.08. The number of allylic oxidation sites excluding steroid dienone is 27. The molecule has 0 heterocycles. The third kappa shape index (κ3) is 70.8. The second-order valence-electron chi connectivity index (χ2n) is 24.1. The highest BCUT2D eigenvalue weighted by molar-refractivity contribution is 7.47. The number of phosphoric acid groups is 2. The maximum absolute atomic E-state index is 13.1. The molecule has 0 aliphatic heterocycles. The Balaban J connectivity index is 5.46. The van der Waals surface area contributed by atoms with Crippen molar-refractivity contribution in [1.82, 2.24) is 0 Å². The van der Waals surface area contributed by atoms with E-state index < -0.39 is 97.5 Å². The Hall–Kier alpha value is -5.58. The molecule has 5 atom stereocenters. The molecule has 17 nitrogen and oxygen atoms in total. The SMILES string of the molecule is CC/C=C\C/C=C\C/C=C\C/C=C\C/C=C\CCCCCC(=O)OCC(COP(=O)(O)OCC(O)COP(=O)(O)OCC(COC(=O)C/C=C\C/C=C\C/C=C\C/C=C\C/C=C\CC)OC(=O)CCCCCCC/C=C\CCCC)OC(=O)CCCCCCC/C=C\C/C=C\C/C=C\CC. The zero-order valence-corrected chi connectivity index (χ0v) is 63.3. The lowest BCUT2D eigenvalue weighted by atomic mass is 10.1. The molecule has 100 heavy (non-hydrogen) atoms. The molecule has 0 aromatic rings.